The van der Waals surface area contributed by atoms with Gasteiger partial charge in [0.1, 0.15) is 9.96 Å². The van der Waals surface area contributed by atoms with Crippen LogP contribution in [0, 0.1) is 12.3 Å². The molecular formula is C21H26ClNO2S. The molecule has 3 nitrogen and oxygen atoms in total. The maximum absolute atomic E-state index is 13.0. The zero-order valence-electron chi connectivity index (χ0n) is 15.8. The van der Waals surface area contributed by atoms with Gasteiger partial charge in [-0.05, 0) is 50.2 Å². The summed E-state index contributed by atoms with van der Waals surface area (Å²) in [5.74, 6) is 0.860. The van der Waals surface area contributed by atoms with Crippen LogP contribution in [-0.2, 0) is 17.3 Å². The van der Waals surface area contributed by atoms with E-state index in [0.29, 0.717) is 0 Å². The van der Waals surface area contributed by atoms with Crippen LogP contribution in [0.5, 0.6) is 5.75 Å². The van der Waals surface area contributed by atoms with Gasteiger partial charge in [0.05, 0.1) is 17.9 Å². The molecule has 1 unspecified atom stereocenters. The Labute approximate surface area is 163 Å². The Balaban J connectivity index is 1.64. The van der Waals surface area contributed by atoms with Crippen molar-refractivity contribution in [1.29, 1.82) is 0 Å². The Hall–Kier alpha value is -1.36. The summed E-state index contributed by atoms with van der Waals surface area (Å²) in [5, 5.41) is 0. The number of hydrogen-bond acceptors (Lipinski definition) is 3. The first-order chi connectivity index (χ1) is 12.3. The molecule has 26 heavy (non-hydrogen) atoms. The van der Waals surface area contributed by atoms with Crippen molar-refractivity contribution in [2.24, 2.45) is 5.41 Å². The summed E-state index contributed by atoms with van der Waals surface area (Å²) in [5.41, 5.74) is 2.22. The number of alkyl halides is 1. The molecule has 0 saturated heterocycles. The van der Waals surface area contributed by atoms with Gasteiger partial charge in [0.25, 0.3) is 0 Å². The smallest absolute Gasteiger partial charge is 0.131 e. The normalized spacial score (nSPS) is 25.9. The minimum Gasteiger partial charge on any atom is -0.497 e. The first-order valence-electron chi connectivity index (χ1n) is 8.76. The molecule has 0 spiro atoms. The number of aryl methyl sites for hydroxylation is 1. The van der Waals surface area contributed by atoms with E-state index in [2.05, 4.69) is 31.0 Å². The van der Waals surface area contributed by atoms with Gasteiger partial charge < -0.3 is 9.64 Å². The fourth-order valence-electron chi connectivity index (χ4n) is 3.46. The summed E-state index contributed by atoms with van der Waals surface area (Å²) in [6, 6.07) is 15.9. The lowest BCUT2D eigenvalue weighted by atomic mass is 10.1. The minimum absolute atomic E-state index is 0.161. The SMILES string of the molecule is COc1ccc(CN(C)C[C@@]2(C)C[C@@]2(Cl)S(=O)c2ccc(C)cc2)cc1. The van der Waals surface area contributed by atoms with Crippen LogP contribution < -0.4 is 4.74 Å². The van der Waals surface area contributed by atoms with Crippen molar-refractivity contribution >= 4 is 22.4 Å². The second kappa shape index (κ2) is 7.34. The van der Waals surface area contributed by atoms with E-state index in [4.69, 9.17) is 16.3 Å². The number of halogens is 1. The number of nitrogens with zero attached hydrogens (tertiary/aromatic N) is 1. The highest BCUT2D eigenvalue weighted by Crippen LogP contribution is 2.64. The van der Waals surface area contributed by atoms with Gasteiger partial charge in [-0.2, -0.15) is 0 Å². The molecule has 0 aromatic heterocycles. The fourth-order valence-corrected chi connectivity index (χ4v) is 5.80. The molecule has 0 bridgehead atoms. The van der Waals surface area contributed by atoms with Crippen LogP contribution in [0.25, 0.3) is 0 Å². The van der Waals surface area contributed by atoms with E-state index in [0.717, 1.165) is 35.7 Å². The molecule has 1 saturated carbocycles. The van der Waals surface area contributed by atoms with Crippen LogP contribution in [0.2, 0.25) is 0 Å². The summed E-state index contributed by atoms with van der Waals surface area (Å²) in [7, 11) is 2.54. The quantitative estimate of drug-likeness (QED) is 0.646. The average Bonchev–Trinajstić information content (AvgIpc) is 3.17. The largest absolute Gasteiger partial charge is 0.497 e. The van der Waals surface area contributed by atoms with E-state index in [1.165, 1.54) is 5.56 Å². The van der Waals surface area contributed by atoms with Crippen molar-refractivity contribution < 1.29 is 8.95 Å². The van der Waals surface area contributed by atoms with Crippen molar-refractivity contribution in [3.8, 4) is 5.75 Å². The predicted molar refractivity (Wildman–Crippen MR) is 108 cm³/mol. The lowest BCUT2D eigenvalue weighted by Gasteiger charge is -2.24. The Kier molecular flexibility index (Phi) is 5.48. The van der Waals surface area contributed by atoms with Crippen molar-refractivity contribution in [2.45, 2.75) is 35.9 Å². The summed E-state index contributed by atoms with van der Waals surface area (Å²) >= 11 is 6.82. The molecule has 140 valence electrons. The van der Waals surface area contributed by atoms with E-state index in [9.17, 15) is 4.21 Å². The standard InChI is InChI=1S/C21H26ClNO2S/c1-16-5-11-19(12-6-16)26(24)21(22)14-20(21,2)15-23(3)13-17-7-9-18(25-4)10-8-17/h5-12H,13-15H2,1-4H3/t20-,21-,26?/m1/s1. The molecule has 1 fully saturated rings. The lowest BCUT2D eigenvalue weighted by molar-refractivity contribution is 0.265. The van der Waals surface area contributed by atoms with Gasteiger partial charge >= 0.3 is 0 Å². The monoisotopic (exact) mass is 391 g/mol. The maximum Gasteiger partial charge on any atom is 0.131 e. The molecule has 2 aromatic carbocycles. The number of benzene rings is 2. The van der Waals surface area contributed by atoms with Gasteiger partial charge in [0.2, 0.25) is 0 Å². The van der Waals surface area contributed by atoms with Crippen molar-refractivity contribution in [3.63, 3.8) is 0 Å². The highest BCUT2D eigenvalue weighted by atomic mass is 35.5. The molecule has 0 heterocycles. The molecule has 5 heteroatoms. The third kappa shape index (κ3) is 3.83. The Morgan fingerprint density at radius 1 is 1.15 bits per heavy atom. The number of hydrogen-bond donors (Lipinski definition) is 0. The van der Waals surface area contributed by atoms with Crippen molar-refractivity contribution in [3.05, 3.63) is 59.7 Å². The van der Waals surface area contributed by atoms with Crippen LogP contribution in [0.15, 0.2) is 53.4 Å². The first kappa shape index (κ1) is 19.4. The number of methoxy groups -OCH3 is 1. The van der Waals surface area contributed by atoms with E-state index >= 15 is 0 Å². The van der Waals surface area contributed by atoms with Gasteiger partial charge in [0.15, 0.2) is 0 Å². The van der Waals surface area contributed by atoms with E-state index in [1.807, 2.05) is 43.3 Å². The summed E-state index contributed by atoms with van der Waals surface area (Å²) in [6.45, 7) is 5.79. The number of rotatable bonds is 7. The molecular weight excluding hydrogens is 366 g/mol. The molecule has 1 aliphatic rings. The fraction of sp³-hybridized carbons (Fsp3) is 0.429. The van der Waals surface area contributed by atoms with Gasteiger partial charge in [-0.25, -0.2) is 0 Å². The molecule has 2 aromatic rings. The molecule has 3 atom stereocenters. The van der Waals surface area contributed by atoms with Crippen LogP contribution in [0.1, 0.15) is 24.5 Å². The third-order valence-electron chi connectivity index (χ3n) is 5.15. The molecule has 1 aliphatic carbocycles. The van der Waals surface area contributed by atoms with Crippen LogP contribution >= 0.6 is 11.6 Å². The van der Waals surface area contributed by atoms with Gasteiger partial charge in [-0.3, -0.25) is 4.21 Å². The topological polar surface area (TPSA) is 29.5 Å². The molecule has 0 radical (unpaired) electrons. The van der Waals surface area contributed by atoms with Crippen molar-refractivity contribution in [2.75, 3.05) is 20.7 Å². The van der Waals surface area contributed by atoms with E-state index < -0.39 is 15.0 Å². The minimum atomic E-state index is -1.21. The van der Waals surface area contributed by atoms with Gasteiger partial charge in [0, 0.05) is 23.4 Å². The first-order valence-corrected chi connectivity index (χ1v) is 10.3. The molecule has 3 rings (SSSR count). The van der Waals surface area contributed by atoms with Gasteiger partial charge in [-0.15, -0.1) is 11.6 Å². The second-order valence-electron chi connectivity index (χ2n) is 7.57. The Bertz CT molecular complexity index is 793. The Morgan fingerprint density at radius 3 is 2.35 bits per heavy atom. The van der Waals surface area contributed by atoms with Gasteiger partial charge in [-0.1, -0.05) is 36.8 Å². The number of ether oxygens (including phenoxy) is 1. The molecule has 0 aliphatic heterocycles. The lowest BCUT2D eigenvalue weighted by Crippen LogP contribution is -2.30. The average molecular weight is 392 g/mol. The Morgan fingerprint density at radius 2 is 1.77 bits per heavy atom. The van der Waals surface area contributed by atoms with E-state index in [-0.39, 0.29) is 5.41 Å². The highest BCUT2D eigenvalue weighted by molar-refractivity contribution is 7.88. The predicted octanol–water partition coefficient (Wildman–Crippen LogP) is 4.59. The molecule has 0 amide bonds. The van der Waals surface area contributed by atoms with Crippen LogP contribution in [-0.4, -0.2) is 34.0 Å². The zero-order valence-corrected chi connectivity index (χ0v) is 17.4. The molecule has 0 N–H and O–H groups in total. The highest BCUT2D eigenvalue weighted by Gasteiger charge is 2.68. The van der Waals surface area contributed by atoms with Crippen LogP contribution in [0.4, 0.5) is 0 Å². The third-order valence-corrected chi connectivity index (χ3v) is 8.09. The maximum atomic E-state index is 13.0. The summed E-state index contributed by atoms with van der Waals surface area (Å²) < 4.78 is 17.5. The summed E-state index contributed by atoms with van der Waals surface area (Å²) in [4.78, 5) is 3.06. The van der Waals surface area contributed by atoms with Crippen molar-refractivity contribution in [1.82, 2.24) is 4.90 Å². The summed E-state index contributed by atoms with van der Waals surface area (Å²) in [6.07, 6.45) is 0.759. The second-order valence-corrected chi connectivity index (χ2v) is 10.1. The zero-order chi connectivity index (χ0) is 18.9. The van der Waals surface area contributed by atoms with E-state index in [1.54, 1.807) is 7.11 Å². The van der Waals surface area contributed by atoms with Crippen LogP contribution in [0.3, 0.4) is 0 Å².